The van der Waals surface area contributed by atoms with E-state index in [0.717, 1.165) is 103 Å². The zero-order valence-electron chi connectivity index (χ0n) is 62.4. The van der Waals surface area contributed by atoms with Gasteiger partial charge in [-0.15, -0.1) is 0 Å². The zero-order valence-corrected chi connectivity index (χ0v) is 66.8. The van der Waals surface area contributed by atoms with Crippen LogP contribution in [0, 0.1) is 0 Å². The highest BCUT2D eigenvalue weighted by Crippen LogP contribution is 2.37. The minimum Gasteiger partial charge on any atom is -0.456 e. The van der Waals surface area contributed by atoms with Crippen LogP contribution in [-0.4, -0.2) is 55.2 Å². The highest BCUT2D eigenvalue weighted by atomic mass is 79.9. The molecule has 0 aliphatic carbocycles. The summed E-state index contributed by atoms with van der Waals surface area (Å²) in [5.41, 5.74) is 10.6. The minimum atomic E-state index is -3.08. The SMILES string of the molecule is Brc1cccc([Si](c2ccccc2)(c2ccccc2)c2cccc3c2oc2ccccc23)c1.Clc1nc(-c2ccccc2)nc(-n2c3ccccc3c3ccccc32)n1.c1ccc(-c2nc(-c3cccc([Si](c4ccccc4)(c4ccccc4)c4cccc5c4oc4ccccc45)c3)nc(-n3c4ccccc4c4ccccc43)n2)cc1. The number of halogens is 2. The lowest BCUT2D eigenvalue weighted by Crippen LogP contribution is -2.74. The maximum absolute atomic E-state index is 6.86. The van der Waals surface area contributed by atoms with Gasteiger partial charge in [-0.2, -0.15) is 24.9 Å². The average molecular weight is 1610 g/mol. The Balaban J connectivity index is 0.000000124. The molecule has 14 heteroatoms. The number of hydrogen-bond donors (Lipinski definition) is 0. The molecule has 0 fully saturated rings. The van der Waals surface area contributed by atoms with E-state index in [2.05, 4.69) is 358 Å². The van der Waals surface area contributed by atoms with Gasteiger partial charge < -0.3 is 8.83 Å². The van der Waals surface area contributed by atoms with E-state index in [4.69, 9.17) is 40.4 Å². The molecule has 6 heterocycles. The maximum Gasteiger partial charge on any atom is 0.239 e. The Morgan fingerprint density at radius 2 is 0.534 bits per heavy atom. The molecule has 0 amide bonds. The zero-order chi connectivity index (χ0) is 77.5. The third-order valence-electron chi connectivity index (χ3n) is 22.1. The molecule has 10 nitrogen and oxygen atoms in total. The Morgan fingerprint density at radius 1 is 0.241 bits per heavy atom. The Kier molecular flexibility index (Phi) is 18.6. The third kappa shape index (κ3) is 12.5. The maximum atomic E-state index is 6.86. The molecule has 6 aromatic heterocycles. The molecule has 22 rings (SSSR count). The fraction of sp³-hybridized carbons (Fsp3) is 0. The van der Waals surface area contributed by atoms with Crippen molar-refractivity contribution in [1.29, 1.82) is 0 Å². The van der Waals surface area contributed by atoms with Crippen molar-refractivity contribution in [2.45, 2.75) is 0 Å². The summed E-state index contributed by atoms with van der Waals surface area (Å²) < 4.78 is 18.8. The fourth-order valence-corrected chi connectivity index (χ4v) is 27.7. The summed E-state index contributed by atoms with van der Waals surface area (Å²) in [6.07, 6.45) is 0. The molecule has 0 aliphatic heterocycles. The molecule has 116 heavy (non-hydrogen) atoms. The van der Waals surface area contributed by atoms with Crippen LogP contribution >= 0.6 is 27.5 Å². The first-order valence-corrected chi connectivity index (χ1v) is 43.7. The molecule has 16 aromatic carbocycles. The topological polar surface area (TPSA) is 113 Å². The van der Waals surface area contributed by atoms with Crippen LogP contribution in [0.4, 0.5) is 0 Å². The van der Waals surface area contributed by atoms with Crippen molar-refractivity contribution < 1.29 is 8.83 Å². The van der Waals surface area contributed by atoms with Crippen molar-refractivity contribution in [3.63, 3.8) is 0 Å². The van der Waals surface area contributed by atoms with Gasteiger partial charge in [0.15, 0.2) is 33.6 Å². The smallest absolute Gasteiger partial charge is 0.239 e. The largest absolute Gasteiger partial charge is 0.456 e. The van der Waals surface area contributed by atoms with E-state index in [1.807, 2.05) is 89.5 Å². The molecule has 0 N–H and O–H groups in total. The van der Waals surface area contributed by atoms with Gasteiger partial charge in [0.1, 0.15) is 22.3 Å². The first-order chi connectivity index (χ1) is 57.4. The second kappa shape index (κ2) is 30.5. The van der Waals surface area contributed by atoms with Crippen LogP contribution in [0.15, 0.2) is 426 Å². The summed E-state index contributed by atoms with van der Waals surface area (Å²) in [4.78, 5) is 29.1. The lowest BCUT2D eigenvalue weighted by Gasteiger charge is -2.34. The quantitative estimate of drug-likeness (QED) is 0.0828. The Bertz CT molecular complexity index is 7210. The number of para-hydroxylation sites is 8. The van der Waals surface area contributed by atoms with Gasteiger partial charge in [0.2, 0.25) is 17.2 Å². The van der Waals surface area contributed by atoms with Gasteiger partial charge >= 0.3 is 0 Å². The van der Waals surface area contributed by atoms with E-state index in [1.54, 1.807) is 0 Å². The summed E-state index contributed by atoms with van der Waals surface area (Å²) in [6.45, 7) is 0. The van der Waals surface area contributed by atoms with Gasteiger partial charge in [-0.05, 0) is 102 Å². The van der Waals surface area contributed by atoms with E-state index in [0.29, 0.717) is 29.4 Å². The number of nitrogens with zero attached hydrogens (tertiary/aromatic N) is 8. The molecule has 22 aromatic rings. The summed E-state index contributed by atoms with van der Waals surface area (Å²) in [5.74, 6) is 2.87. The molecular formula is C102H68BrClN8O2Si2. The number of aromatic nitrogens is 8. The minimum absolute atomic E-state index is 0.177. The predicted octanol–water partition coefficient (Wildman–Crippen LogP) is 20.6. The van der Waals surface area contributed by atoms with Crippen molar-refractivity contribution in [3.05, 3.63) is 422 Å². The monoisotopic (exact) mass is 1610 g/mol. The standard InChI is InChI=1S/C51H34N4OSi.C30H21BrOSi.C21H13ClN4/c1-4-18-35(19-5-1)49-52-50(54-51(53-49)55-44-30-13-10-26-40(44)41-27-11-14-31-45(41)55)36-20-16-25-39(34-36)57(37-21-6-2-7-22-37,38-23-8-3-9-24-38)47-33-17-29-43-42-28-12-15-32-46(42)56-48(43)47;31-22-11-9-16-25(21-22)33(23-12-3-1-4-13-23,24-14-5-2-6-15-24)29-20-10-18-27-26-17-7-8-19-28(26)32-30(27)29;22-20-23-19(14-8-2-1-3-9-14)24-21(25-20)26-17-12-6-4-10-15(17)16-11-5-7-13-18(16)26/h1-34H;1-21H;1-13H. The van der Waals surface area contributed by atoms with E-state index in [1.165, 1.54) is 46.9 Å². The van der Waals surface area contributed by atoms with E-state index >= 15 is 0 Å². The van der Waals surface area contributed by atoms with Crippen LogP contribution in [0.25, 0.3) is 134 Å². The Morgan fingerprint density at radius 3 is 0.940 bits per heavy atom. The van der Waals surface area contributed by atoms with Crippen molar-refractivity contribution in [2.75, 3.05) is 0 Å². The second-order valence-corrected chi connectivity index (χ2v) is 37.4. The van der Waals surface area contributed by atoms with E-state index in [9.17, 15) is 0 Å². The van der Waals surface area contributed by atoms with Crippen molar-refractivity contribution in [2.24, 2.45) is 0 Å². The van der Waals surface area contributed by atoms with Crippen LogP contribution in [0.3, 0.4) is 0 Å². The van der Waals surface area contributed by atoms with Gasteiger partial charge in [-0.25, -0.2) is 4.98 Å². The van der Waals surface area contributed by atoms with Gasteiger partial charge in [-0.1, -0.05) is 380 Å². The normalized spacial score (nSPS) is 11.7. The highest BCUT2D eigenvalue weighted by Gasteiger charge is 2.46. The molecule has 550 valence electrons. The lowest BCUT2D eigenvalue weighted by molar-refractivity contribution is 0.671. The molecule has 0 atom stereocenters. The van der Waals surface area contributed by atoms with Gasteiger partial charge in [0.05, 0.1) is 22.1 Å². The van der Waals surface area contributed by atoms with Crippen LogP contribution in [0.2, 0.25) is 5.28 Å². The molecule has 0 unspecified atom stereocenters. The molecule has 0 radical (unpaired) electrons. The number of benzene rings is 16. The van der Waals surface area contributed by atoms with Crippen molar-refractivity contribution >= 4 is 173 Å². The lowest BCUT2D eigenvalue weighted by atomic mass is 10.1. The summed E-state index contributed by atoms with van der Waals surface area (Å²) >= 11 is 9.99. The van der Waals surface area contributed by atoms with E-state index < -0.39 is 16.1 Å². The number of fused-ring (bicyclic) bond motifs is 12. The number of furan rings is 2. The Labute approximate surface area is 683 Å². The Hall–Kier alpha value is -14.1. The summed E-state index contributed by atoms with van der Waals surface area (Å²) in [6, 6.07) is 145. The molecule has 0 saturated carbocycles. The number of hydrogen-bond acceptors (Lipinski definition) is 8. The van der Waals surface area contributed by atoms with Gasteiger partial charge in [-0.3, -0.25) is 9.13 Å². The first-order valence-electron chi connectivity index (χ1n) is 38.5. The van der Waals surface area contributed by atoms with Crippen molar-refractivity contribution in [1.82, 2.24) is 39.0 Å². The highest BCUT2D eigenvalue weighted by molar-refractivity contribution is 9.10. The first kappa shape index (κ1) is 71.0. The van der Waals surface area contributed by atoms with Crippen LogP contribution < -0.4 is 41.5 Å². The third-order valence-corrected chi connectivity index (χ3v) is 32.3. The van der Waals surface area contributed by atoms with Crippen LogP contribution in [0.5, 0.6) is 0 Å². The second-order valence-electron chi connectivity index (χ2n) is 28.6. The molecule has 0 bridgehead atoms. The summed E-state index contributed by atoms with van der Waals surface area (Å²) in [5, 5.41) is 19.5. The van der Waals surface area contributed by atoms with Crippen LogP contribution in [0.1, 0.15) is 0 Å². The molecule has 0 saturated heterocycles. The molecular weight excluding hydrogens is 1540 g/mol. The van der Waals surface area contributed by atoms with Crippen molar-refractivity contribution in [3.8, 4) is 46.1 Å². The van der Waals surface area contributed by atoms with Gasteiger partial charge in [0.25, 0.3) is 0 Å². The van der Waals surface area contributed by atoms with E-state index in [-0.39, 0.29) is 5.28 Å². The summed E-state index contributed by atoms with van der Waals surface area (Å²) in [7, 11) is -5.76. The fourth-order valence-electron chi connectivity index (χ4n) is 17.1. The predicted molar refractivity (Wildman–Crippen MR) is 486 cm³/mol. The van der Waals surface area contributed by atoms with Crippen LogP contribution in [-0.2, 0) is 0 Å². The number of rotatable bonds is 13. The average Bonchev–Trinajstić information content (AvgIpc) is 1.24. The van der Waals surface area contributed by atoms with Gasteiger partial charge in [0, 0.05) is 64.3 Å². The molecule has 0 aliphatic rings. The molecule has 0 spiro atoms.